The summed E-state index contributed by atoms with van der Waals surface area (Å²) >= 11 is 7.11. The molecule has 3 aromatic rings. The van der Waals surface area contributed by atoms with Crippen LogP contribution in [0.3, 0.4) is 0 Å². The molecule has 0 radical (unpaired) electrons. The quantitative estimate of drug-likeness (QED) is 0.622. The van der Waals surface area contributed by atoms with Crippen LogP contribution in [-0.4, -0.2) is 30.6 Å². The van der Waals surface area contributed by atoms with Crippen molar-refractivity contribution in [1.82, 2.24) is 24.7 Å². The van der Waals surface area contributed by atoms with E-state index in [4.69, 9.17) is 11.6 Å². The zero-order valence-corrected chi connectivity index (χ0v) is 15.8. The third-order valence-corrected chi connectivity index (χ3v) is 4.74. The van der Waals surface area contributed by atoms with Gasteiger partial charge < -0.3 is 9.88 Å². The average Bonchev–Trinajstić information content (AvgIpc) is 3.04. The fraction of sp³-hybridized carbons (Fsp3) is 0.188. The second-order valence-corrected chi connectivity index (χ2v) is 6.95. The number of pyridine rings is 2. The molecule has 0 aliphatic carbocycles. The van der Waals surface area contributed by atoms with Crippen LogP contribution in [0.25, 0.3) is 0 Å². The van der Waals surface area contributed by atoms with E-state index in [9.17, 15) is 18.0 Å². The number of carbonyl (C=O) groups is 1. The van der Waals surface area contributed by atoms with Crippen LogP contribution in [-0.2, 0) is 19.0 Å². The molecule has 146 valence electrons. The summed E-state index contributed by atoms with van der Waals surface area (Å²) in [6.07, 6.45) is -1.66. The Balaban J connectivity index is 1.72. The molecule has 12 heteroatoms. The van der Waals surface area contributed by atoms with Crippen LogP contribution in [0.4, 0.5) is 19.0 Å². The fourth-order valence-electron chi connectivity index (χ4n) is 2.12. The molecule has 3 heterocycles. The Labute approximate surface area is 166 Å². The first-order valence-corrected chi connectivity index (χ1v) is 9.06. The van der Waals surface area contributed by atoms with Gasteiger partial charge in [0.2, 0.25) is 0 Å². The van der Waals surface area contributed by atoms with Crippen LogP contribution < -0.4 is 5.32 Å². The topological polar surface area (TPSA) is 85.6 Å². The molecular weight excluding hydrogens is 417 g/mol. The minimum Gasteiger partial charge on any atom is -0.312 e. The number of hydrogen-bond acceptors (Lipinski definition) is 6. The third kappa shape index (κ3) is 4.98. The van der Waals surface area contributed by atoms with Gasteiger partial charge in [-0.3, -0.25) is 4.79 Å². The number of nitrogens with zero attached hydrogens (tertiary/aromatic N) is 5. The van der Waals surface area contributed by atoms with Crippen LogP contribution in [0.1, 0.15) is 21.7 Å². The van der Waals surface area contributed by atoms with Gasteiger partial charge in [0.1, 0.15) is 23.5 Å². The van der Waals surface area contributed by atoms with E-state index < -0.39 is 23.5 Å². The summed E-state index contributed by atoms with van der Waals surface area (Å²) in [4.78, 5) is 19.6. The van der Waals surface area contributed by atoms with Gasteiger partial charge in [0.25, 0.3) is 5.91 Å². The largest absolute Gasteiger partial charge is 0.433 e. The highest BCUT2D eigenvalue weighted by molar-refractivity contribution is 7.98. The van der Waals surface area contributed by atoms with Crippen LogP contribution in [0.15, 0.2) is 41.9 Å². The zero-order chi connectivity index (χ0) is 20.3. The number of anilines is 1. The first-order valence-electron chi connectivity index (χ1n) is 7.70. The molecule has 3 rings (SSSR count). The Morgan fingerprint density at radius 2 is 2.11 bits per heavy atom. The molecule has 0 unspecified atom stereocenters. The number of amides is 1. The van der Waals surface area contributed by atoms with Crippen LogP contribution >= 0.6 is 23.4 Å². The lowest BCUT2D eigenvalue weighted by molar-refractivity contribution is -0.141. The van der Waals surface area contributed by atoms with Crippen LogP contribution in [0.2, 0.25) is 5.02 Å². The maximum atomic E-state index is 12.8. The number of halogens is 4. The summed E-state index contributed by atoms with van der Waals surface area (Å²) in [6.45, 7) is 0. The normalized spacial score (nSPS) is 11.5. The van der Waals surface area contributed by atoms with E-state index in [2.05, 4.69) is 25.5 Å². The van der Waals surface area contributed by atoms with E-state index in [1.54, 1.807) is 23.0 Å². The number of carbonyl (C=O) groups excluding carboxylic acids is 1. The molecule has 0 saturated carbocycles. The standard InChI is InChI=1S/C16H12ClF3N6OS/c1-26-8-22-25-15(26)28-7-9-2-3-21-13(4-9)24-14(27)11-5-10(17)6-12(23-11)16(18,19)20/h2-6,8H,7H2,1H3,(H,21,24,27). The van der Waals surface area contributed by atoms with Gasteiger partial charge in [0, 0.05) is 24.0 Å². The van der Waals surface area contributed by atoms with Gasteiger partial charge in [-0.25, -0.2) is 9.97 Å². The number of rotatable bonds is 5. The van der Waals surface area contributed by atoms with Crippen molar-refractivity contribution in [2.45, 2.75) is 17.1 Å². The summed E-state index contributed by atoms with van der Waals surface area (Å²) in [5, 5.41) is 10.6. The van der Waals surface area contributed by atoms with Crippen molar-refractivity contribution in [2.24, 2.45) is 7.05 Å². The maximum Gasteiger partial charge on any atom is 0.433 e. The molecule has 0 atom stereocenters. The monoisotopic (exact) mass is 428 g/mol. The van der Waals surface area contributed by atoms with Crippen molar-refractivity contribution in [3.63, 3.8) is 0 Å². The van der Waals surface area contributed by atoms with E-state index in [1.165, 1.54) is 18.0 Å². The highest BCUT2D eigenvalue weighted by Crippen LogP contribution is 2.30. The fourth-order valence-corrected chi connectivity index (χ4v) is 3.16. The SMILES string of the molecule is Cn1cnnc1SCc1ccnc(NC(=O)c2cc(Cl)cc(C(F)(F)F)n2)c1. The van der Waals surface area contributed by atoms with E-state index >= 15 is 0 Å². The van der Waals surface area contributed by atoms with Crippen molar-refractivity contribution >= 4 is 35.1 Å². The summed E-state index contributed by atoms with van der Waals surface area (Å²) in [5.74, 6) is -0.138. The maximum absolute atomic E-state index is 12.8. The van der Waals surface area contributed by atoms with Gasteiger partial charge in [-0.2, -0.15) is 13.2 Å². The summed E-state index contributed by atoms with van der Waals surface area (Å²) < 4.78 is 40.3. The molecule has 0 saturated heterocycles. The second-order valence-electron chi connectivity index (χ2n) is 5.57. The van der Waals surface area contributed by atoms with Gasteiger partial charge in [0.15, 0.2) is 5.16 Å². The highest BCUT2D eigenvalue weighted by atomic mass is 35.5. The third-order valence-electron chi connectivity index (χ3n) is 3.42. The first kappa shape index (κ1) is 20.1. The number of hydrogen-bond donors (Lipinski definition) is 1. The molecule has 0 aliphatic heterocycles. The van der Waals surface area contributed by atoms with E-state index in [-0.39, 0.29) is 10.8 Å². The molecule has 0 fully saturated rings. The molecule has 7 nitrogen and oxygen atoms in total. The van der Waals surface area contributed by atoms with Gasteiger partial charge in [0.05, 0.1) is 0 Å². The van der Waals surface area contributed by atoms with Gasteiger partial charge in [-0.1, -0.05) is 23.4 Å². The van der Waals surface area contributed by atoms with Crippen LogP contribution in [0, 0.1) is 0 Å². The van der Waals surface area contributed by atoms with Crippen molar-refractivity contribution < 1.29 is 18.0 Å². The number of thioether (sulfide) groups is 1. The number of aromatic nitrogens is 5. The lowest BCUT2D eigenvalue weighted by Gasteiger charge is -2.09. The van der Waals surface area contributed by atoms with Crippen LogP contribution in [0.5, 0.6) is 0 Å². The predicted molar refractivity (Wildman–Crippen MR) is 97.0 cm³/mol. The molecule has 1 N–H and O–H groups in total. The van der Waals surface area contributed by atoms with Gasteiger partial charge >= 0.3 is 6.18 Å². The lowest BCUT2D eigenvalue weighted by Crippen LogP contribution is -2.18. The number of alkyl halides is 3. The Bertz CT molecular complexity index is 1010. The predicted octanol–water partition coefficient (Wildman–Crippen LogP) is 3.82. The van der Waals surface area contributed by atoms with Crippen molar-refractivity contribution in [3.05, 3.63) is 58.8 Å². The Hall–Kier alpha value is -2.66. The summed E-state index contributed by atoms with van der Waals surface area (Å²) in [5.41, 5.74) is -0.874. The van der Waals surface area contributed by atoms with Crippen molar-refractivity contribution in [3.8, 4) is 0 Å². The minimum absolute atomic E-state index is 0.177. The lowest BCUT2D eigenvalue weighted by atomic mass is 10.2. The average molecular weight is 429 g/mol. The first-order chi connectivity index (χ1) is 13.2. The number of nitrogens with one attached hydrogen (secondary N) is 1. The van der Waals surface area contributed by atoms with Gasteiger partial charge in [-0.05, 0) is 29.8 Å². The zero-order valence-electron chi connectivity index (χ0n) is 14.2. The Kier molecular flexibility index (Phi) is 5.84. The van der Waals surface area contributed by atoms with Gasteiger partial charge in [-0.15, -0.1) is 10.2 Å². The highest BCUT2D eigenvalue weighted by Gasteiger charge is 2.33. The number of aryl methyl sites for hydroxylation is 1. The molecule has 28 heavy (non-hydrogen) atoms. The summed E-state index contributed by atoms with van der Waals surface area (Å²) in [6, 6.07) is 5.07. The smallest absolute Gasteiger partial charge is 0.312 e. The molecular formula is C16H12ClF3N6OS. The Morgan fingerprint density at radius 1 is 1.32 bits per heavy atom. The minimum atomic E-state index is -4.71. The van der Waals surface area contributed by atoms with Crippen molar-refractivity contribution in [2.75, 3.05) is 5.32 Å². The second kappa shape index (κ2) is 8.15. The summed E-state index contributed by atoms with van der Waals surface area (Å²) in [7, 11) is 1.81. The van der Waals surface area contributed by atoms with E-state index in [1.807, 2.05) is 7.05 Å². The van der Waals surface area contributed by atoms with Crippen molar-refractivity contribution in [1.29, 1.82) is 0 Å². The van der Waals surface area contributed by atoms with E-state index in [0.717, 1.165) is 11.6 Å². The van der Waals surface area contributed by atoms with E-state index in [0.29, 0.717) is 17.0 Å². The molecule has 0 bridgehead atoms. The Morgan fingerprint density at radius 3 is 2.79 bits per heavy atom. The molecule has 1 amide bonds. The molecule has 0 aliphatic rings. The molecule has 0 aromatic carbocycles. The molecule has 3 aromatic heterocycles. The molecule has 0 spiro atoms.